The molecule has 0 unspecified atom stereocenters. The number of amides is 1. The first-order valence-corrected chi connectivity index (χ1v) is 7.89. The first kappa shape index (κ1) is 16.6. The van der Waals surface area contributed by atoms with E-state index in [-0.39, 0.29) is 11.0 Å². The molecule has 0 bridgehead atoms. The van der Waals surface area contributed by atoms with Gasteiger partial charge in [0.2, 0.25) is 0 Å². The highest BCUT2D eigenvalue weighted by atomic mass is 79.9. The van der Waals surface area contributed by atoms with E-state index in [0.29, 0.717) is 11.4 Å². The van der Waals surface area contributed by atoms with E-state index in [4.69, 9.17) is 12.2 Å². The topological polar surface area (TPSA) is 54.0 Å². The van der Waals surface area contributed by atoms with Crippen LogP contribution in [0.15, 0.2) is 34.8 Å². The van der Waals surface area contributed by atoms with Crippen molar-refractivity contribution in [1.29, 1.82) is 0 Å². The van der Waals surface area contributed by atoms with Gasteiger partial charge in [-0.3, -0.25) is 10.1 Å². The summed E-state index contributed by atoms with van der Waals surface area (Å²) in [5.74, 6) is 0.357. The van der Waals surface area contributed by atoms with Crippen LogP contribution in [0.25, 0.3) is 0 Å². The van der Waals surface area contributed by atoms with Crippen molar-refractivity contribution in [3.63, 3.8) is 0 Å². The standard InChI is InChI=1S/C16H16BrN3OS/c1-9-4-5-12(10(2)8-9)15(21)20-16(22)19-14-7-6-13(17)11(3)18-14/h4-8H,1-3H3,(H2,18,19,20,21,22). The Morgan fingerprint density at radius 1 is 1.18 bits per heavy atom. The quantitative estimate of drug-likeness (QED) is 0.779. The molecule has 0 radical (unpaired) electrons. The number of aromatic nitrogens is 1. The third-order valence-electron chi connectivity index (χ3n) is 3.12. The van der Waals surface area contributed by atoms with Crippen LogP contribution in [0.1, 0.15) is 27.2 Å². The minimum absolute atomic E-state index is 0.221. The molecule has 0 atom stereocenters. The predicted octanol–water partition coefficient (Wildman–Crippen LogP) is 3.90. The van der Waals surface area contributed by atoms with Gasteiger partial charge in [0.05, 0.1) is 5.69 Å². The van der Waals surface area contributed by atoms with Gasteiger partial charge in [0.1, 0.15) is 5.82 Å². The van der Waals surface area contributed by atoms with Crippen molar-refractivity contribution in [3.05, 3.63) is 57.2 Å². The number of pyridine rings is 1. The van der Waals surface area contributed by atoms with Gasteiger partial charge in [-0.1, -0.05) is 17.7 Å². The summed E-state index contributed by atoms with van der Waals surface area (Å²) in [6, 6.07) is 9.32. The Morgan fingerprint density at radius 3 is 2.55 bits per heavy atom. The highest BCUT2D eigenvalue weighted by molar-refractivity contribution is 9.10. The molecule has 0 saturated heterocycles. The van der Waals surface area contributed by atoms with E-state index in [1.54, 1.807) is 12.1 Å². The Balaban J connectivity index is 2.05. The number of hydrogen-bond acceptors (Lipinski definition) is 3. The van der Waals surface area contributed by atoms with E-state index in [1.807, 2.05) is 39.0 Å². The Kier molecular flexibility index (Phi) is 5.26. The van der Waals surface area contributed by atoms with Crippen molar-refractivity contribution in [2.24, 2.45) is 0 Å². The fourth-order valence-electron chi connectivity index (χ4n) is 2.00. The van der Waals surface area contributed by atoms with E-state index in [1.165, 1.54) is 0 Å². The van der Waals surface area contributed by atoms with Crippen LogP contribution in [-0.4, -0.2) is 16.0 Å². The lowest BCUT2D eigenvalue weighted by molar-refractivity contribution is 0.0977. The first-order valence-electron chi connectivity index (χ1n) is 6.69. The van der Waals surface area contributed by atoms with Crippen LogP contribution in [0.4, 0.5) is 5.82 Å². The van der Waals surface area contributed by atoms with Gasteiger partial charge in [-0.15, -0.1) is 0 Å². The maximum Gasteiger partial charge on any atom is 0.257 e. The summed E-state index contributed by atoms with van der Waals surface area (Å²) in [7, 11) is 0. The summed E-state index contributed by atoms with van der Waals surface area (Å²) in [6.07, 6.45) is 0. The second kappa shape index (κ2) is 6.98. The minimum atomic E-state index is -0.233. The molecule has 0 aliphatic carbocycles. The highest BCUT2D eigenvalue weighted by Gasteiger charge is 2.11. The van der Waals surface area contributed by atoms with Crippen molar-refractivity contribution in [2.45, 2.75) is 20.8 Å². The van der Waals surface area contributed by atoms with Crippen LogP contribution < -0.4 is 10.6 Å². The number of carbonyl (C=O) groups is 1. The molecule has 114 valence electrons. The monoisotopic (exact) mass is 377 g/mol. The van der Waals surface area contributed by atoms with E-state index >= 15 is 0 Å². The van der Waals surface area contributed by atoms with Gasteiger partial charge in [0.25, 0.3) is 5.91 Å². The molecule has 1 aromatic carbocycles. The molecule has 0 saturated carbocycles. The maximum atomic E-state index is 12.2. The van der Waals surface area contributed by atoms with E-state index in [0.717, 1.165) is 21.3 Å². The molecular weight excluding hydrogens is 362 g/mol. The Hall–Kier alpha value is -1.79. The number of halogens is 1. The summed E-state index contributed by atoms with van der Waals surface area (Å²) >= 11 is 8.55. The molecule has 1 amide bonds. The molecule has 22 heavy (non-hydrogen) atoms. The van der Waals surface area contributed by atoms with Crippen molar-refractivity contribution in [3.8, 4) is 0 Å². The van der Waals surface area contributed by atoms with E-state index < -0.39 is 0 Å². The fraction of sp³-hybridized carbons (Fsp3) is 0.188. The van der Waals surface area contributed by atoms with Gasteiger partial charge in [-0.25, -0.2) is 4.98 Å². The largest absolute Gasteiger partial charge is 0.317 e. The van der Waals surface area contributed by atoms with Crippen molar-refractivity contribution >= 4 is 45.0 Å². The third-order valence-corrected chi connectivity index (χ3v) is 4.16. The molecule has 0 aliphatic heterocycles. The molecule has 2 rings (SSSR count). The second-order valence-corrected chi connectivity index (χ2v) is 6.25. The molecule has 6 heteroatoms. The van der Waals surface area contributed by atoms with E-state index in [2.05, 4.69) is 31.5 Å². The van der Waals surface area contributed by atoms with Crippen LogP contribution in [0, 0.1) is 20.8 Å². The lowest BCUT2D eigenvalue weighted by Crippen LogP contribution is -2.34. The summed E-state index contributed by atoms with van der Waals surface area (Å²) in [5, 5.41) is 5.80. The molecule has 0 spiro atoms. The maximum absolute atomic E-state index is 12.2. The average molecular weight is 378 g/mol. The molecule has 2 aromatic rings. The van der Waals surface area contributed by atoms with Gasteiger partial charge in [0, 0.05) is 10.0 Å². The zero-order valence-corrected chi connectivity index (χ0v) is 14.9. The van der Waals surface area contributed by atoms with Gasteiger partial charge >= 0.3 is 0 Å². The predicted molar refractivity (Wildman–Crippen MR) is 96.3 cm³/mol. The Morgan fingerprint density at radius 2 is 1.91 bits per heavy atom. The van der Waals surface area contributed by atoms with Gasteiger partial charge < -0.3 is 5.32 Å². The number of benzene rings is 1. The van der Waals surface area contributed by atoms with E-state index in [9.17, 15) is 4.79 Å². The zero-order valence-electron chi connectivity index (χ0n) is 12.5. The van der Waals surface area contributed by atoms with Gasteiger partial charge in [-0.05, 0) is 72.7 Å². The van der Waals surface area contributed by atoms with Crippen molar-refractivity contribution < 1.29 is 4.79 Å². The number of nitrogens with zero attached hydrogens (tertiary/aromatic N) is 1. The first-order chi connectivity index (χ1) is 10.4. The number of carbonyl (C=O) groups excluding carboxylic acids is 1. The number of thiocarbonyl (C=S) groups is 1. The molecule has 0 fully saturated rings. The normalized spacial score (nSPS) is 10.2. The molecule has 1 aromatic heterocycles. The van der Waals surface area contributed by atoms with Crippen LogP contribution in [-0.2, 0) is 0 Å². The van der Waals surface area contributed by atoms with Crippen LogP contribution in [0.5, 0.6) is 0 Å². The summed E-state index contributed by atoms with van der Waals surface area (Å²) in [6.45, 7) is 5.77. The summed E-state index contributed by atoms with van der Waals surface area (Å²) < 4.78 is 0.920. The van der Waals surface area contributed by atoms with Gasteiger partial charge in [-0.2, -0.15) is 0 Å². The number of nitrogens with one attached hydrogen (secondary N) is 2. The SMILES string of the molecule is Cc1ccc(C(=O)NC(=S)Nc2ccc(Br)c(C)n2)c(C)c1. The van der Waals surface area contributed by atoms with Crippen molar-refractivity contribution in [2.75, 3.05) is 5.32 Å². The molecule has 0 aliphatic rings. The van der Waals surface area contributed by atoms with Crippen LogP contribution in [0.3, 0.4) is 0 Å². The van der Waals surface area contributed by atoms with Crippen LogP contribution >= 0.6 is 28.1 Å². The van der Waals surface area contributed by atoms with Crippen molar-refractivity contribution in [1.82, 2.24) is 10.3 Å². The smallest absolute Gasteiger partial charge is 0.257 e. The lowest BCUT2D eigenvalue weighted by Gasteiger charge is -2.11. The number of hydrogen-bond donors (Lipinski definition) is 2. The highest BCUT2D eigenvalue weighted by Crippen LogP contribution is 2.16. The molecule has 1 heterocycles. The fourth-order valence-corrected chi connectivity index (χ4v) is 2.42. The second-order valence-electron chi connectivity index (χ2n) is 4.99. The molecular formula is C16H16BrN3OS. The number of aryl methyl sites for hydroxylation is 3. The Labute approximate surface area is 143 Å². The zero-order chi connectivity index (χ0) is 16.3. The van der Waals surface area contributed by atoms with Crippen LogP contribution in [0.2, 0.25) is 0 Å². The number of rotatable bonds is 2. The molecule has 2 N–H and O–H groups in total. The lowest BCUT2D eigenvalue weighted by atomic mass is 10.1. The summed E-state index contributed by atoms with van der Waals surface area (Å²) in [5.41, 5.74) is 3.48. The third kappa shape index (κ3) is 4.11. The summed E-state index contributed by atoms with van der Waals surface area (Å²) in [4.78, 5) is 16.6. The average Bonchev–Trinajstić information content (AvgIpc) is 2.42. The molecule has 4 nitrogen and oxygen atoms in total. The minimum Gasteiger partial charge on any atom is -0.317 e. The Bertz CT molecular complexity index is 746. The van der Waals surface area contributed by atoms with Gasteiger partial charge in [0.15, 0.2) is 5.11 Å². The number of anilines is 1.